The van der Waals surface area contributed by atoms with Crippen molar-refractivity contribution in [2.45, 2.75) is 19.1 Å². The Balaban J connectivity index is 1.96. The number of rotatable bonds is 2. The average Bonchev–Trinajstić information content (AvgIpc) is 2.54. The highest BCUT2D eigenvalue weighted by atomic mass is 19.4. The van der Waals surface area contributed by atoms with E-state index < -0.39 is 11.7 Å². The van der Waals surface area contributed by atoms with Crippen molar-refractivity contribution in [1.29, 1.82) is 0 Å². The molecule has 0 spiro atoms. The maximum atomic E-state index is 12.5. The van der Waals surface area contributed by atoms with E-state index >= 15 is 0 Å². The first-order chi connectivity index (χ1) is 8.95. The van der Waals surface area contributed by atoms with Crippen LogP contribution in [0.3, 0.4) is 0 Å². The van der Waals surface area contributed by atoms with Gasteiger partial charge < -0.3 is 4.90 Å². The molecule has 1 aromatic rings. The van der Waals surface area contributed by atoms with Crippen molar-refractivity contribution < 1.29 is 13.2 Å². The van der Waals surface area contributed by atoms with Crippen LogP contribution in [0.4, 0.5) is 13.2 Å². The summed E-state index contributed by atoms with van der Waals surface area (Å²) in [4.78, 5) is 4.58. The number of hydrogen-bond acceptors (Lipinski definition) is 2. The van der Waals surface area contributed by atoms with Gasteiger partial charge in [0.2, 0.25) is 0 Å². The third-order valence-corrected chi connectivity index (χ3v) is 3.50. The van der Waals surface area contributed by atoms with E-state index in [0.29, 0.717) is 0 Å². The van der Waals surface area contributed by atoms with Crippen molar-refractivity contribution >= 4 is 0 Å². The van der Waals surface area contributed by atoms with E-state index in [-0.39, 0.29) is 0 Å². The minimum atomic E-state index is -4.25. The fourth-order valence-corrected chi connectivity index (χ4v) is 2.32. The molecule has 19 heavy (non-hydrogen) atoms. The monoisotopic (exact) mass is 272 g/mol. The molecule has 106 valence electrons. The molecular weight excluding hydrogens is 253 g/mol. The Morgan fingerprint density at radius 1 is 1.00 bits per heavy atom. The lowest BCUT2D eigenvalue weighted by atomic mass is 10.1. The molecule has 0 unspecified atom stereocenters. The van der Waals surface area contributed by atoms with Crippen LogP contribution in [0.15, 0.2) is 24.3 Å². The van der Waals surface area contributed by atoms with Crippen molar-refractivity contribution in [1.82, 2.24) is 9.80 Å². The summed E-state index contributed by atoms with van der Waals surface area (Å²) in [5.74, 6) is 0. The minimum Gasteiger partial charge on any atom is -0.305 e. The molecule has 1 aliphatic heterocycles. The van der Waals surface area contributed by atoms with Crippen LogP contribution < -0.4 is 0 Å². The first-order valence-corrected chi connectivity index (χ1v) is 6.52. The molecule has 5 heteroatoms. The Bertz CT molecular complexity index is 400. The molecule has 0 saturated carbocycles. The standard InChI is InChI=1S/C14H19F3N2/c1-18-7-2-8-19(10-9-18)11-12-3-5-13(6-4-12)14(15,16)17/h3-6H,2,7-11H2,1H3. The summed E-state index contributed by atoms with van der Waals surface area (Å²) < 4.78 is 37.4. The molecule has 1 saturated heterocycles. The maximum Gasteiger partial charge on any atom is 0.416 e. The van der Waals surface area contributed by atoms with Crippen molar-refractivity contribution in [2.75, 3.05) is 33.2 Å². The molecule has 0 radical (unpaired) electrons. The van der Waals surface area contributed by atoms with Gasteiger partial charge in [0, 0.05) is 19.6 Å². The molecule has 1 aliphatic rings. The van der Waals surface area contributed by atoms with Crippen LogP contribution in [0.5, 0.6) is 0 Å². The Morgan fingerprint density at radius 2 is 1.68 bits per heavy atom. The van der Waals surface area contributed by atoms with E-state index in [0.717, 1.165) is 44.7 Å². The lowest BCUT2D eigenvalue weighted by Gasteiger charge is -2.20. The quantitative estimate of drug-likeness (QED) is 0.817. The average molecular weight is 272 g/mol. The second-order valence-corrected chi connectivity index (χ2v) is 5.13. The fourth-order valence-electron chi connectivity index (χ4n) is 2.32. The molecule has 0 aliphatic carbocycles. The Kier molecular flexibility index (Phi) is 4.47. The first-order valence-electron chi connectivity index (χ1n) is 6.52. The molecule has 0 atom stereocenters. The third kappa shape index (κ3) is 4.21. The topological polar surface area (TPSA) is 6.48 Å². The minimum absolute atomic E-state index is 0.577. The first kappa shape index (κ1) is 14.3. The normalized spacial score (nSPS) is 19.4. The van der Waals surface area contributed by atoms with Gasteiger partial charge in [-0.1, -0.05) is 12.1 Å². The number of alkyl halides is 3. The summed E-state index contributed by atoms with van der Waals surface area (Å²) in [5, 5.41) is 0. The summed E-state index contributed by atoms with van der Waals surface area (Å²) in [6.07, 6.45) is -3.14. The SMILES string of the molecule is CN1CCCN(Cc2ccc(C(F)(F)F)cc2)CC1. The number of hydrogen-bond donors (Lipinski definition) is 0. The van der Waals surface area contributed by atoms with E-state index in [2.05, 4.69) is 16.8 Å². The summed E-state index contributed by atoms with van der Waals surface area (Å²) in [7, 11) is 2.10. The molecule has 0 aromatic heterocycles. The van der Waals surface area contributed by atoms with E-state index in [9.17, 15) is 13.2 Å². The Morgan fingerprint density at radius 3 is 2.32 bits per heavy atom. The third-order valence-electron chi connectivity index (χ3n) is 3.50. The van der Waals surface area contributed by atoms with Gasteiger partial charge >= 0.3 is 6.18 Å². The number of likely N-dealkylation sites (N-methyl/N-ethyl adjacent to an activating group) is 1. The van der Waals surface area contributed by atoms with Gasteiger partial charge in [-0.25, -0.2) is 0 Å². The lowest BCUT2D eigenvalue weighted by Crippen LogP contribution is -2.28. The van der Waals surface area contributed by atoms with Gasteiger partial charge in [-0.2, -0.15) is 13.2 Å². The lowest BCUT2D eigenvalue weighted by molar-refractivity contribution is -0.137. The zero-order valence-corrected chi connectivity index (χ0v) is 11.1. The van der Waals surface area contributed by atoms with Crippen LogP contribution in [-0.4, -0.2) is 43.0 Å². The zero-order valence-electron chi connectivity index (χ0n) is 11.1. The summed E-state index contributed by atoms with van der Waals surface area (Å²) in [5.41, 5.74) is 0.365. The fraction of sp³-hybridized carbons (Fsp3) is 0.571. The van der Waals surface area contributed by atoms with Crippen LogP contribution in [-0.2, 0) is 12.7 Å². The van der Waals surface area contributed by atoms with Gasteiger partial charge in [0.05, 0.1) is 5.56 Å². The predicted molar refractivity (Wildman–Crippen MR) is 68.8 cm³/mol. The van der Waals surface area contributed by atoms with E-state index in [1.807, 2.05) is 0 Å². The van der Waals surface area contributed by atoms with Crippen molar-refractivity contribution in [3.63, 3.8) is 0 Å². The smallest absolute Gasteiger partial charge is 0.305 e. The van der Waals surface area contributed by atoms with E-state index in [4.69, 9.17) is 0 Å². The van der Waals surface area contributed by atoms with Gasteiger partial charge in [-0.3, -0.25) is 4.90 Å². The molecule has 0 amide bonds. The molecule has 1 fully saturated rings. The number of nitrogens with zero attached hydrogens (tertiary/aromatic N) is 2. The maximum absolute atomic E-state index is 12.5. The molecule has 0 bridgehead atoms. The molecule has 1 heterocycles. The highest BCUT2D eigenvalue weighted by Crippen LogP contribution is 2.29. The Hall–Kier alpha value is -1.07. The van der Waals surface area contributed by atoms with E-state index in [1.165, 1.54) is 12.1 Å². The van der Waals surface area contributed by atoms with Gasteiger partial charge in [-0.15, -0.1) is 0 Å². The van der Waals surface area contributed by atoms with Gasteiger partial charge in [0.15, 0.2) is 0 Å². The highest BCUT2D eigenvalue weighted by molar-refractivity contribution is 5.24. The number of benzene rings is 1. The van der Waals surface area contributed by atoms with Gasteiger partial charge in [0.1, 0.15) is 0 Å². The van der Waals surface area contributed by atoms with Crippen LogP contribution in [0.2, 0.25) is 0 Å². The second-order valence-electron chi connectivity index (χ2n) is 5.13. The summed E-state index contributed by atoms with van der Waals surface area (Å²) >= 11 is 0. The van der Waals surface area contributed by atoms with Crippen LogP contribution in [0.1, 0.15) is 17.5 Å². The number of halogens is 3. The molecule has 2 rings (SSSR count). The molecular formula is C14H19F3N2. The van der Waals surface area contributed by atoms with Crippen LogP contribution in [0.25, 0.3) is 0 Å². The largest absolute Gasteiger partial charge is 0.416 e. The van der Waals surface area contributed by atoms with Crippen molar-refractivity contribution in [2.24, 2.45) is 0 Å². The van der Waals surface area contributed by atoms with Crippen molar-refractivity contribution in [3.05, 3.63) is 35.4 Å². The van der Waals surface area contributed by atoms with Crippen LogP contribution >= 0.6 is 0 Å². The summed E-state index contributed by atoms with van der Waals surface area (Å²) in [6, 6.07) is 5.49. The molecule has 1 aromatic carbocycles. The molecule has 2 nitrogen and oxygen atoms in total. The predicted octanol–water partition coefficient (Wildman–Crippen LogP) is 2.84. The van der Waals surface area contributed by atoms with E-state index in [1.54, 1.807) is 12.1 Å². The zero-order chi connectivity index (χ0) is 13.9. The Labute approximate surface area is 111 Å². The van der Waals surface area contributed by atoms with Gasteiger partial charge in [0.25, 0.3) is 0 Å². The van der Waals surface area contributed by atoms with Crippen LogP contribution in [0, 0.1) is 0 Å². The summed E-state index contributed by atoms with van der Waals surface area (Å²) in [6.45, 7) is 4.80. The highest BCUT2D eigenvalue weighted by Gasteiger charge is 2.29. The second kappa shape index (κ2) is 5.92. The molecule has 0 N–H and O–H groups in total. The van der Waals surface area contributed by atoms with Gasteiger partial charge in [-0.05, 0) is 44.3 Å². The van der Waals surface area contributed by atoms with Crippen molar-refractivity contribution in [3.8, 4) is 0 Å².